The number of hydrogen-bond donors (Lipinski definition) is 1. The van der Waals surface area contributed by atoms with Gasteiger partial charge in [-0.25, -0.2) is 0 Å². The number of hydrogen-bond acceptors (Lipinski definition) is 4. The second-order valence-electron chi connectivity index (χ2n) is 7.26. The first-order chi connectivity index (χ1) is 14.6. The first kappa shape index (κ1) is 20.9. The molecule has 0 aliphatic heterocycles. The third-order valence-corrected chi connectivity index (χ3v) is 7.39. The summed E-state index contributed by atoms with van der Waals surface area (Å²) in [5.41, 5.74) is 2.45. The normalized spacial score (nSPS) is 15.4. The molecule has 154 valence electrons. The molecular formula is C24H22BrNO3S. The highest BCUT2D eigenvalue weighted by Gasteiger charge is 2.21. The van der Waals surface area contributed by atoms with Gasteiger partial charge >= 0.3 is 5.97 Å². The van der Waals surface area contributed by atoms with Crippen LogP contribution in [0.3, 0.4) is 0 Å². The fourth-order valence-corrected chi connectivity index (χ4v) is 5.38. The zero-order chi connectivity index (χ0) is 20.9. The Morgan fingerprint density at radius 1 is 1.07 bits per heavy atom. The lowest BCUT2D eigenvalue weighted by Crippen LogP contribution is -2.34. The summed E-state index contributed by atoms with van der Waals surface area (Å²) < 4.78 is 6.16. The Bertz CT molecular complexity index is 1080. The number of carbonyl (C=O) groups excluding carboxylic acids is 2. The molecule has 0 saturated carbocycles. The molecule has 0 heterocycles. The van der Waals surface area contributed by atoms with E-state index in [-0.39, 0.29) is 24.3 Å². The number of ether oxygens (including phenoxy) is 1. The molecule has 0 bridgehead atoms. The van der Waals surface area contributed by atoms with Gasteiger partial charge < -0.3 is 10.1 Å². The minimum atomic E-state index is -0.403. The number of thioether (sulfide) groups is 1. The van der Waals surface area contributed by atoms with Gasteiger partial charge in [0.25, 0.3) is 5.91 Å². The first-order valence-corrected chi connectivity index (χ1v) is 11.7. The Labute approximate surface area is 188 Å². The molecule has 1 amide bonds. The van der Waals surface area contributed by atoms with E-state index in [9.17, 15) is 9.59 Å². The van der Waals surface area contributed by atoms with E-state index in [1.54, 1.807) is 0 Å². The zero-order valence-electron chi connectivity index (χ0n) is 16.4. The van der Waals surface area contributed by atoms with Crippen molar-refractivity contribution in [3.05, 3.63) is 76.3 Å². The number of rotatable bonds is 6. The SMILES string of the molecule is O=C(COC(=O)CSc1ccc2ccccc2c1Br)NC1CCCc2ccccc21. The average Bonchev–Trinajstić information content (AvgIpc) is 2.78. The molecule has 1 unspecified atom stereocenters. The standard InChI is InChI=1S/C24H22BrNO3S/c25-24-19-10-4-2-7-17(19)12-13-21(24)30-15-23(28)29-14-22(27)26-20-11-5-8-16-6-1-3-9-18(16)20/h1-4,6-7,9-10,12-13,20H,5,8,11,14-15H2,(H,26,27). The van der Waals surface area contributed by atoms with Crippen LogP contribution in [0.4, 0.5) is 0 Å². The number of nitrogens with one attached hydrogen (secondary N) is 1. The van der Waals surface area contributed by atoms with Crippen molar-refractivity contribution < 1.29 is 14.3 Å². The highest BCUT2D eigenvalue weighted by Crippen LogP contribution is 2.34. The second-order valence-corrected chi connectivity index (χ2v) is 9.07. The van der Waals surface area contributed by atoms with Crippen molar-refractivity contribution in [3.8, 4) is 0 Å². The molecule has 3 aromatic carbocycles. The predicted octanol–water partition coefficient (Wildman–Crippen LogP) is 5.43. The van der Waals surface area contributed by atoms with E-state index in [1.807, 2.05) is 48.5 Å². The van der Waals surface area contributed by atoms with Crippen LogP contribution in [0.15, 0.2) is 70.0 Å². The van der Waals surface area contributed by atoms with Crippen molar-refractivity contribution in [2.24, 2.45) is 0 Å². The maximum absolute atomic E-state index is 12.3. The molecule has 0 aromatic heterocycles. The lowest BCUT2D eigenvalue weighted by atomic mass is 9.88. The molecule has 0 spiro atoms. The van der Waals surface area contributed by atoms with Crippen LogP contribution in [-0.2, 0) is 20.7 Å². The maximum Gasteiger partial charge on any atom is 0.316 e. The summed E-state index contributed by atoms with van der Waals surface area (Å²) in [5, 5.41) is 5.24. The molecule has 1 aliphatic carbocycles. The van der Waals surface area contributed by atoms with Crippen LogP contribution >= 0.6 is 27.7 Å². The molecule has 0 fully saturated rings. The van der Waals surface area contributed by atoms with Gasteiger partial charge in [0.05, 0.1) is 11.8 Å². The second kappa shape index (κ2) is 9.67. The Kier molecular flexibility index (Phi) is 6.75. The predicted molar refractivity (Wildman–Crippen MR) is 124 cm³/mol. The molecular weight excluding hydrogens is 462 g/mol. The molecule has 4 rings (SSSR count). The van der Waals surface area contributed by atoms with Gasteiger partial charge in [-0.2, -0.15) is 0 Å². The highest BCUT2D eigenvalue weighted by atomic mass is 79.9. The van der Waals surface area contributed by atoms with E-state index in [0.29, 0.717) is 0 Å². The van der Waals surface area contributed by atoms with Crippen molar-refractivity contribution >= 4 is 50.3 Å². The maximum atomic E-state index is 12.3. The van der Waals surface area contributed by atoms with Crippen LogP contribution in [0.5, 0.6) is 0 Å². The molecule has 1 N–H and O–H groups in total. The summed E-state index contributed by atoms with van der Waals surface area (Å²) in [6.45, 7) is -0.253. The van der Waals surface area contributed by atoms with Crippen LogP contribution in [0.2, 0.25) is 0 Å². The summed E-state index contributed by atoms with van der Waals surface area (Å²) in [6.07, 6.45) is 2.99. The Morgan fingerprint density at radius 2 is 1.87 bits per heavy atom. The minimum absolute atomic E-state index is 0.0101. The highest BCUT2D eigenvalue weighted by molar-refractivity contribution is 9.10. The van der Waals surface area contributed by atoms with Crippen molar-refractivity contribution in [3.63, 3.8) is 0 Å². The number of benzene rings is 3. The molecule has 4 nitrogen and oxygen atoms in total. The van der Waals surface area contributed by atoms with Gasteiger partial charge in [-0.1, -0.05) is 54.6 Å². The van der Waals surface area contributed by atoms with E-state index in [4.69, 9.17) is 4.74 Å². The summed E-state index contributed by atoms with van der Waals surface area (Å²) >= 11 is 5.02. The van der Waals surface area contributed by atoms with Gasteiger partial charge in [0, 0.05) is 9.37 Å². The van der Waals surface area contributed by atoms with Gasteiger partial charge in [-0.15, -0.1) is 11.8 Å². The van der Waals surface area contributed by atoms with E-state index in [2.05, 4.69) is 33.4 Å². The number of amides is 1. The summed E-state index contributed by atoms with van der Waals surface area (Å²) in [6, 6.07) is 20.3. The Morgan fingerprint density at radius 3 is 2.77 bits per heavy atom. The monoisotopic (exact) mass is 483 g/mol. The lowest BCUT2D eigenvalue weighted by Gasteiger charge is -2.26. The number of carbonyl (C=O) groups is 2. The van der Waals surface area contributed by atoms with E-state index < -0.39 is 5.97 Å². The van der Waals surface area contributed by atoms with E-state index >= 15 is 0 Å². The van der Waals surface area contributed by atoms with Crippen molar-refractivity contribution in [1.82, 2.24) is 5.32 Å². The quantitative estimate of drug-likeness (QED) is 0.375. The van der Waals surface area contributed by atoms with E-state index in [0.717, 1.165) is 39.4 Å². The smallest absolute Gasteiger partial charge is 0.316 e. The molecule has 0 radical (unpaired) electrons. The van der Waals surface area contributed by atoms with Crippen molar-refractivity contribution in [1.29, 1.82) is 0 Å². The summed E-state index contributed by atoms with van der Waals surface area (Å²) in [5.74, 6) is -0.516. The average molecular weight is 484 g/mol. The lowest BCUT2D eigenvalue weighted by molar-refractivity contribution is -0.146. The number of fused-ring (bicyclic) bond motifs is 2. The molecule has 6 heteroatoms. The van der Waals surface area contributed by atoms with Crippen LogP contribution in [0.1, 0.15) is 30.0 Å². The molecule has 1 atom stereocenters. The van der Waals surface area contributed by atoms with Crippen LogP contribution in [0, 0.1) is 0 Å². The van der Waals surface area contributed by atoms with Crippen LogP contribution in [-0.4, -0.2) is 24.2 Å². The topological polar surface area (TPSA) is 55.4 Å². The van der Waals surface area contributed by atoms with Gasteiger partial charge in [0.2, 0.25) is 0 Å². The minimum Gasteiger partial charge on any atom is -0.455 e. The number of aryl methyl sites for hydroxylation is 1. The molecule has 3 aromatic rings. The first-order valence-electron chi connectivity index (χ1n) is 9.94. The van der Waals surface area contributed by atoms with Crippen molar-refractivity contribution in [2.75, 3.05) is 12.4 Å². The van der Waals surface area contributed by atoms with Crippen molar-refractivity contribution in [2.45, 2.75) is 30.2 Å². The number of esters is 1. The van der Waals surface area contributed by atoms with Gasteiger partial charge in [0.1, 0.15) is 0 Å². The molecule has 30 heavy (non-hydrogen) atoms. The molecule has 1 aliphatic rings. The number of halogens is 1. The fraction of sp³-hybridized carbons (Fsp3) is 0.250. The fourth-order valence-electron chi connectivity index (χ4n) is 3.79. The molecule has 0 saturated heterocycles. The summed E-state index contributed by atoms with van der Waals surface area (Å²) in [7, 11) is 0. The van der Waals surface area contributed by atoms with Gasteiger partial charge in [0.15, 0.2) is 6.61 Å². The largest absolute Gasteiger partial charge is 0.455 e. The zero-order valence-corrected chi connectivity index (χ0v) is 18.8. The van der Waals surface area contributed by atoms with Gasteiger partial charge in [-0.3, -0.25) is 9.59 Å². The Balaban J connectivity index is 1.27. The summed E-state index contributed by atoms with van der Waals surface area (Å²) in [4.78, 5) is 25.4. The third kappa shape index (κ3) is 4.87. The van der Waals surface area contributed by atoms with Crippen LogP contribution in [0.25, 0.3) is 10.8 Å². The van der Waals surface area contributed by atoms with E-state index in [1.165, 1.54) is 22.9 Å². The third-order valence-electron chi connectivity index (χ3n) is 5.24. The Hall–Kier alpha value is -2.31. The van der Waals surface area contributed by atoms with Crippen LogP contribution < -0.4 is 5.32 Å². The van der Waals surface area contributed by atoms with Gasteiger partial charge in [-0.05, 0) is 63.2 Å².